The zero-order valence-corrected chi connectivity index (χ0v) is 12.1. The Kier molecular flexibility index (Phi) is 3.49. The molecule has 3 rings (SSSR count). The number of hydrogen-bond donors (Lipinski definition) is 1. The van der Waals surface area contributed by atoms with Crippen LogP contribution in [0.4, 0.5) is 0 Å². The van der Waals surface area contributed by atoms with Crippen LogP contribution in [0.2, 0.25) is 0 Å². The number of benzene rings is 1. The van der Waals surface area contributed by atoms with Crippen molar-refractivity contribution in [3.05, 3.63) is 36.0 Å². The lowest BCUT2D eigenvalue weighted by Crippen LogP contribution is -2.25. The summed E-state index contributed by atoms with van der Waals surface area (Å²) >= 11 is 0. The Morgan fingerprint density at radius 3 is 2.80 bits per heavy atom. The second-order valence-electron chi connectivity index (χ2n) is 5.74. The van der Waals surface area contributed by atoms with Crippen LogP contribution in [0.15, 0.2) is 30.5 Å². The molecule has 1 heterocycles. The summed E-state index contributed by atoms with van der Waals surface area (Å²) in [6.45, 7) is 1.28. The van der Waals surface area contributed by atoms with E-state index in [1.54, 1.807) is 19.0 Å². The van der Waals surface area contributed by atoms with Crippen LogP contribution in [0.5, 0.6) is 0 Å². The zero-order valence-electron chi connectivity index (χ0n) is 12.1. The number of rotatable bonds is 5. The molecule has 1 fully saturated rings. The van der Waals surface area contributed by atoms with E-state index >= 15 is 0 Å². The number of likely N-dealkylation sites (N-methyl/N-ethyl adjacent to an activating group) is 1. The number of aromatic nitrogens is 1. The van der Waals surface area contributed by atoms with Gasteiger partial charge in [-0.15, -0.1) is 0 Å². The number of hydrogen-bond acceptors (Lipinski definition) is 2. The van der Waals surface area contributed by atoms with Crippen LogP contribution < -0.4 is 5.32 Å². The summed E-state index contributed by atoms with van der Waals surface area (Å²) in [6, 6.07) is 8.99. The Bertz CT molecular complexity index is 626. The minimum absolute atomic E-state index is 0.118. The van der Waals surface area contributed by atoms with Crippen molar-refractivity contribution in [3.63, 3.8) is 0 Å². The van der Waals surface area contributed by atoms with Gasteiger partial charge in [0.2, 0.25) is 5.91 Å². The van der Waals surface area contributed by atoms with Crippen LogP contribution in [0.3, 0.4) is 0 Å². The quantitative estimate of drug-likeness (QED) is 0.903. The van der Waals surface area contributed by atoms with E-state index in [0.29, 0.717) is 12.6 Å². The van der Waals surface area contributed by atoms with Crippen LogP contribution in [0.1, 0.15) is 18.4 Å². The van der Waals surface area contributed by atoms with Gasteiger partial charge in [0.05, 0.1) is 0 Å². The number of amides is 1. The van der Waals surface area contributed by atoms with E-state index in [9.17, 15) is 4.79 Å². The lowest BCUT2D eigenvalue weighted by Gasteiger charge is -2.11. The van der Waals surface area contributed by atoms with E-state index in [2.05, 4.69) is 34.3 Å². The molecule has 0 saturated heterocycles. The molecule has 0 aliphatic heterocycles. The highest BCUT2D eigenvalue weighted by Gasteiger charge is 2.21. The topological polar surface area (TPSA) is 37.3 Å². The highest BCUT2D eigenvalue weighted by atomic mass is 16.2. The largest absolute Gasteiger partial charge is 0.347 e. The first-order valence-corrected chi connectivity index (χ1v) is 7.15. The second kappa shape index (κ2) is 5.29. The Morgan fingerprint density at radius 2 is 2.10 bits per heavy atom. The third kappa shape index (κ3) is 2.70. The summed E-state index contributed by atoms with van der Waals surface area (Å²) in [6.07, 6.45) is 4.69. The van der Waals surface area contributed by atoms with Crippen molar-refractivity contribution in [2.45, 2.75) is 32.0 Å². The molecular weight excluding hydrogens is 250 g/mol. The van der Waals surface area contributed by atoms with E-state index in [0.717, 1.165) is 12.1 Å². The second-order valence-corrected chi connectivity index (χ2v) is 5.74. The van der Waals surface area contributed by atoms with Crippen molar-refractivity contribution in [1.29, 1.82) is 0 Å². The standard InChI is InChI=1S/C16H21N3O/c1-18(2)16(20)11-19-10-12(9-17-13-7-8-13)14-5-3-4-6-15(14)19/h3-6,10,13,17H,7-9,11H2,1-2H3. The van der Waals surface area contributed by atoms with Gasteiger partial charge in [0, 0.05) is 43.8 Å². The predicted octanol–water partition coefficient (Wildman–Crippen LogP) is 1.98. The Morgan fingerprint density at radius 1 is 1.35 bits per heavy atom. The minimum Gasteiger partial charge on any atom is -0.347 e. The van der Waals surface area contributed by atoms with Crippen LogP contribution in [0, 0.1) is 0 Å². The fourth-order valence-corrected chi connectivity index (χ4v) is 2.42. The van der Waals surface area contributed by atoms with Crippen molar-refractivity contribution < 1.29 is 4.79 Å². The van der Waals surface area contributed by atoms with Gasteiger partial charge in [-0.25, -0.2) is 0 Å². The number of fused-ring (bicyclic) bond motifs is 1. The molecule has 2 aromatic rings. The normalized spacial score (nSPS) is 14.7. The molecule has 20 heavy (non-hydrogen) atoms. The van der Waals surface area contributed by atoms with E-state index < -0.39 is 0 Å². The average molecular weight is 271 g/mol. The molecule has 0 bridgehead atoms. The van der Waals surface area contributed by atoms with Crippen molar-refractivity contribution >= 4 is 16.8 Å². The molecule has 0 spiro atoms. The molecule has 1 aromatic carbocycles. The average Bonchev–Trinajstić information content (AvgIpc) is 3.20. The van der Waals surface area contributed by atoms with Crippen LogP contribution in [-0.2, 0) is 17.9 Å². The molecular formula is C16H21N3O. The van der Waals surface area contributed by atoms with Gasteiger partial charge in [0.15, 0.2) is 0 Å². The van der Waals surface area contributed by atoms with E-state index in [-0.39, 0.29) is 5.91 Å². The van der Waals surface area contributed by atoms with Crippen molar-refractivity contribution in [2.24, 2.45) is 0 Å². The molecule has 0 radical (unpaired) electrons. The Labute approximate surface area is 119 Å². The van der Waals surface area contributed by atoms with Crippen LogP contribution >= 0.6 is 0 Å². The van der Waals surface area contributed by atoms with E-state index in [4.69, 9.17) is 0 Å². The molecule has 4 nitrogen and oxygen atoms in total. The van der Waals surface area contributed by atoms with Gasteiger partial charge in [-0.3, -0.25) is 4.79 Å². The maximum atomic E-state index is 11.9. The van der Waals surface area contributed by atoms with Gasteiger partial charge in [-0.1, -0.05) is 18.2 Å². The lowest BCUT2D eigenvalue weighted by atomic mass is 10.2. The predicted molar refractivity (Wildman–Crippen MR) is 80.5 cm³/mol. The monoisotopic (exact) mass is 271 g/mol. The summed E-state index contributed by atoms with van der Waals surface area (Å²) in [5.41, 5.74) is 2.41. The first-order chi connectivity index (χ1) is 9.65. The Balaban J connectivity index is 1.88. The number of carbonyl (C=O) groups is 1. The molecule has 1 saturated carbocycles. The molecule has 1 aliphatic rings. The minimum atomic E-state index is 0.118. The maximum absolute atomic E-state index is 11.9. The van der Waals surface area contributed by atoms with Crippen molar-refractivity contribution in [1.82, 2.24) is 14.8 Å². The van der Waals surface area contributed by atoms with Gasteiger partial charge < -0.3 is 14.8 Å². The molecule has 1 N–H and O–H groups in total. The summed E-state index contributed by atoms with van der Waals surface area (Å²) in [5.74, 6) is 0.118. The number of nitrogens with zero attached hydrogens (tertiary/aromatic N) is 2. The van der Waals surface area contributed by atoms with E-state index in [1.807, 2.05) is 6.07 Å². The van der Waals surface area contributed by atoms with Crippen molar-refractivity contribution in [3.8, 4) is 0 Å². The molecule has 106 valence electrons. The molecule has 0 unspecified atom stereocenters. The highest BCUT2D eigenvalue weighted by Crippen LogP contribution is 2.24. The number of para-hydroxylation sites is 1. The molecule has 0 atom stereocenters. The van der Waals surface area contributed by atoms with Crippen molar-refractivity contribution in [2.75, 3.05) is 14.1 Å². The third-order valence-corrected chi connectivity index (χ3v) is 3.83. The molecule has 1 aromatic heterocycles. The summed E-state index contributed by atoms with van der Waals surface area (Å²) in [5, 5.41) is 4.79. The Hall–Kier alpha value is -1.81. The highest BCUT2D eigenvalue weighted by molar-refractivity contribution is 5.86. The third-order valence-electron chi connectivity index (χ3n) is 3.83. The lowest BCUT2D eigenvalue weighted by molar-refractivity contribution is -0.129. The van der Waals surface area contributed by atoms with Gasteiger partial charge in [-0.2, -0.15) is 0 Å². The van der Waals surface area contributed by atoms with E-state index in [1.165, 1.54) is 23.8 Å². The maximum Gasteiger partial charge on any atom is 0.241 e. The van der Waals surface area contributed by atoms with Gasteiger partial charge in [0.25, 0.3) is 0 Å². The van der Waals surface area contributed by atoms with Gasteiger partial charge in [-0.05, 0) is 24.5 Å². The smallest absolute Gasteiger partial charge is 0.241 e. The summed E-state index contributed by atoms with van der Waals surface area (Å²) in [7, 11) is 3.59. The number of carbonyl (C=O) groups excluding carboxylic acids is 1. The zero-order chi connectivity index (χ0) is 14.1. The fourth-order valence-electron chi connectivity index (χ4n) is 2.42. The van der Waals surface area contributed by atoms with Gasteiger partial charge >= 0.3 is 0 Å². The SMILES string of the molecule is CN(C)C(=O)Cn1cc(CNC2CC2)c2ccccc21. The molecule has 4 heteroatoms. The first kappa shape index (κ1) is 13.2. The van der Waals surface area contributed by atoms with Crippen LogP contribution in [0.25, 0.3) is 10.9 Å². The first-order valence-electron chi connectivity index (χ1n) is 7.15. The molecule has 1 amide bonds. The fraction of sp³-hybridized carbons (Fsp3) is 0.438. The van der Waals surface area contributed by atoms with Crippen LogP contribution in [-0.4, -0.2) is 35.5 Å². The number of nitrogens with one attached hydrogen (secondary N) is 1. The van der Waals surface area contributed by atoms with Gasteiger partial charge in [0.1, 0.15) is 6.54 Å². The summed E-state index contributed by atoms with van der Waals surface area (Å²) in [4.78, 5) is 13.6. The summed E-state index contributed by atoms with van der Waals surface area (Å²) < 4.78 is 2.06. The molecule has 1 aliphatic carbocycles.